The smallest absolute Gasteiger partial charge is 0.310 e. The first-order valence-corrected chi connectivity index (χ1v) is 7.34. The number of ether oxygens (including phenoxy) is 1. The third-order valence-corrected chi connectivity index (χ3v) is 4.32. The van der Waals surface area contributed by atoms with Crippen LogP contribution in [0.2, 0.25) is 0 Å². The Morgan fingerprint density at radius 1 is 1.24 bits per heavy atom. The Morgan fingerprint density at radius 3 is 2.43 bits per heavy atom. The summed E-state index contributed by atoms with van der Waals surface area (Å²) in [5.74, 6) is -0.354. The van der Waals surface area contributed by atoms with Gasteiger partial charge in [-0.15, -0.1) is 0 Å². The normalized spacial score (nSPS) is 24.0. The minimum Gasteiger partial charge on any atom is -0.469 e. The minimum absolute atomic E-state index is 0.168. The van der Waals surface area contributed by atoms with Crippen LogP contribution < -0.4 is 0 Å². The average molecular weight is 291 g/mol. The van der Waals surface area contributed by atoms with Crippen LogP contribution in [-0.4, -0.2) is 29.2 Å². The van der Waals surface area contributed by atoms with Crippen LogP contribution in [0.25, 0.3) is 0 Å². The van der Waals surface area contributed by atoms with Crippen LogP contribution in [0.3, 0.4) is 0 Å². The van der Waals surface area contributed by atoms with E-state index in [4.69, 9.17) is 9.57 Å². The predicted octanol–water partition coefficient (Wildman–Crippen LogP) is 3.17. The highest BCUT2D eigenvalue weighted by Gasteiger charge is 2.55. The van der Waals surface area contributed by atoms with E-state index in [2.05, 4.69) is 13.8 Å². The third-order valence-electron chi connectivity index (χ3n) is 4.32. The summed E-state index contributed by atoms with van der Waals surface area (Å²) in [5, 5.41) is 1.97. The molecule has 0 amide bonds. The van der Waals surface area contributed by atoms with Crippen molar-refractivity contribution in [1.29, 1.82) is 0 Å². The highest BCUT2D eigenvalue weighted by atomic mass is 16.7. The van der Waals surface area contributed by atoms with Gasteiger partial charge in [-0.1, -0.05) is 30.3 Å². The molecule has 0 radical (unpaired) electrons. The van der Waals surface area contributed by atoms with E-state index in [1.807, 2.05) is 49.2 Å². The van der Waals surface area contributed by atoms with Crippen LogP contribution in [0.4, 0.5) is 0 Å². The van der Waals surface area contributed by atoms with Gasteiger partial charge in [0.1, 0.15) is 0 Å². The van der Waals surface area contributed by atoms with Gasteiger partial charge >= 0.3 is 5.97 Å². The molecule has 1 atom stereocenters. The van der Waals surface area contributed by atoms with Gasteiger partial charge in [-0.3, -0.25) is 9.63 Å². The first-order valence-electron chi connectivity index (χ1n) is 7.34. The second-order valence-electron chi connectivity index (χ2n) is 6.80. The lowest BCUT2D eigenvalue weighted by atomic mass is 9.87. The number of hydrogen-bond donors (Lipinski definition) is 0. The molecule has 0 aliphatic carbocycles. The van der Waals surface area contributed by atoms with Gasteiger partial charge in [-0.25, -0.2) is 0 Å². The summed E-state index contributed by atoms with van der Waals surface area (Å²) in [7, 11) is 1.44. The first kappa shape index (κ1) is 16.0. The number of hydrogen-bond acceptors (Lipinski definition) is 4. The van der Waals surface area contributed by atoms with Crippen LogP contribution in [-0.2, 0) is 21.0 Å². The monoisotopic (exact) mass is 291 g/mol. The van der Waals surface area contributed by atoms with E-state index in [1.165, 1.54) is 7.11 Å². The van der Waals surface area contributed by atoms with Crippen molar-refractivity contribution in [2.24, 2.45) is 5.92 Å². The Labute approximate surface area is 127 Å². The standard InChI is InChI=1S/C17H25NO3/c1-16(2)11-14(15(19)20-5)17(3,4)18(16)21-12-13-9-7-6-8-10-13/h6-10,14H,11-12H2,1-5H3. The molecule has 1 aliphatic heterocycles. The van der Waals surface area contributed by atoms with Crippen molar-refractivity contribution in [3.63, 3.8) is 0 Å². The van der Waals surface area contributed by atoms with Gasteiger partial charge < -0.3 is 4.74 Å². The van der Waals surface area contributed by atoms with Crippen LogP contribution in [0, 0.1) is 5.92 Å². The molecular formula is C17H25NO3. The lowest BCUT2D eigenvalue weighted by molar-refractivity contribution is -0.252. The molecule has 1 aromatic carbocycles. The Bertz CT molecular complexity index is 496. The van der Waals surface area contributed by atoms with Gasteiger partial charge in [-0.05, 0) is 39.7 Å². The third kappa shape index (κ3) is 3.11. The number of esters is 1. The molecule has 0 spiro atoms. The van der Waals surface area contributed by atoms with Crippen LogP contribution >= 0.6 is 0 Å². The van der Waals surface area contributed by atoms with E-state index in [9.17, 15) is 4.79 Å². The molecule has 0 bridgehead atoms. The van der Waals surface area contributed by atoms with Gasteiger partial charge in [0.05, 0.1) is 25.2 Å². The molecule has 21 heavy (non-hydrogen) atoms. The second-order valence-corrected chi connectivity index (χ2v) is 6.80. The maximum Gasteiger partial charge on any atom is 0.310 e. The molecule has 4 nitrogen and oxygen atoms in total. The molecular weight excluding hydrogens is 266 g/mol. The number of carbonyl (C=O) groups is 1. The van der Waals surface area contributed by atoms with Crippen molar-refractivity contribution in [3.05, 3.63) is 35.9 Å². The molecule has 4 heteroatoms. The maximum atomic E-state index is 12.0. The molecule has 1 heterocycles. The topological polar surface area (TPSA) is 38.8 Å². The van der Waals surface area contributed by atoms with Gasteiger partial charge in [0, 0.05) is 5.54 Å². The quantitative estimate of drug-likeness (QED) is 0.799. The van der Waals surface area contributed by atoms with Crippen molar-refractivity contribution >= 4 is 5.97 Å². The zero-order valence-corrected chi connectivity index (χ0v) is 13.6. The molecule has 116 valence electrons. The minimum atomic E-state index is -0.397. The largest absolute Gasteiger partial charge is 0.469 e. The van der Waals surface area contributed by atoms with Crippen LogP contribution in [0.5, 0.6) is 0 Å². The summed E-state index contributed by atoms with van der Waals surface area (Å²) in [6.07, 6.45) is 0.724. The van der Waals surface area contributed by atoms with Gasteiger partial charge in [0.25, 0.3) is 0 Å². The summed E-state index contributed by atoms with van der Waals surface area (Å²) in [4.78, 5) is 18.1. The average Bonchev–Trinajstić information content (AvgIpc) is 2.62. The van der Waals surface area contributed by atoms with Crippen molar-refractivity contribution in [1.82, 2.24) is 5.06 Å². The van der Waals surface area contributed by atoms with Crippen LogP contribution in [0.1, 0.15) is 39.7 Å². The van der Waals surface area contributed by atoms with Crippen molar-refractivity contribution in [2.45, 2.75) is 51.8 Å². The zero-order valence-electron chi connectivity index (χ0n) is 13.6. The number of hydroxylamine groups is 2. The summed E-state index contributed by atoms with van der Waals surface area (Å²) >= 11 is 0. The number of rotatable bonds is 4. The number of methoxy groups -OCH3 is 1. The molecule has 1 fully saturated rings. The summed E-state index contributed by atoms with van der Waals surface area (Å²) in [5.41, 5.74) is 0.508. The SMILES string of the molecule is COC(=O)C1CC(C)(C)N(OCc2ccccc2)C1(C)C. The Morgan fingerprint density at radius 2 is 1.86 bits per heavy atom. The Hall–Kier alpha value is -1.39. The maximum absolute atomic E-state index is 12.0. The highest BCUT2D eigenvalue weighted by Crippen LogP contribution is 2.45. The highest BCUT2D eigenvalue weighted by molar-refractivity contribution is 5.74. The second kappa shape index (κ2) is 5.78. The van der Waals surface area contributed by atoms with E-state index in [0.29, 0.717) is 6.61 Å². The molecule has 1 unspecified atom stereocenters. The van der Waals surface area contributed by atoms with Crippen molar-refractivity contribution < 1.29 is 14.4 Å². The summed E-state index contributed by atoms with van der Waals surface area (Å²) in [6, 6.07) is 10.1. The van der Waals surface area contributed by atoms with E-state index in [0.717, 1.165) is 12.0 Å². The molecule has 1 aliphatic rings. The Balaban J connectivity index is 2.15. The van der Waals surface area contributed by atoms with Crippen molar-refractivity contribution in [3.8, 4) is 0 Å². The summed E-state index contributed by atoms with van der Waals surface area (Å²) < 4.78 is 4.95. The molecule has 1 aromatic rings. The fraction of sp³-hybridized carbons (Fsp3) is 0.588. The predicted molar refractivity (Wildman–Crippen MR) is 81.4 cm³/mol. The van der Waals surface area contributed by atoms with Crippen molar-refractivity contribution in [2.75, 3.05) is 7.11 Å². The fourth-order valence-electron chi connectivity index (χ4n) is 3.32. The van der Waals surface area contributed by atoms with Gasteiger partial charge in [0.2, 0.25) is 0 Å². The van der Waals surface area contributed by atoms with Gasteiger partial charge in [0.15, 0.2) is 0 Å². The van der Waals surface area contributed by atoms with E-state index in [-0.39, 0.29) is 17.4 Å². The molecule has 0 aromatic heterocycles. The van der Waals surface area contributed by atoms with Crippen LogP contribution in [0.15, 0.2) is 30.3 Å². The van der Waals surface area contributed by atoms with E-state index >= 15 is 0 Å². The fourth-order valence-corrected chi connectivity index (χ4v) is 3.32. The molecule has 0 saturated carbocycles. The lowest BCUT2D eigenvalue weighted by Crippen LogP contribution is -2.50. The lowest BCUT2D eigenvalue weighted by Gasteiger charge is -2.39. The Kier molecular flexibility index (Phi) is 4.40. The van der Waals surface area contributed by atoms with Gasteiger partial charge in [-0.2, -0.15) is 5.06 Å². The molecule has 2 rings (SSSR count). The number of carbonyl (C=O) groups excluding carboxylic acids is 1. The molecule has 1 saturated heterocycles. The van der Waals surface area contributed by atoms with E-state index in [1.54, 1.807) is 0 Å². The first-order chi connectivity index (χ1) is 9.79. The number of benzene rings is 1. The summed E-state index contributed by atoms with van der Waals surface area (Å²) in [6.45, 7) is 8.77. The zero-order chi connectivity index (χ0) is 15.7. The molecule has 0 N–H and O–H groups in total. The van der Waals surface area contributed by atoms with E-state index < -0.39 is 5.54 Å². The number of nitrogens with zero attached hydrogens (tertiary/aromatic N) is 1.